The summed E-state index contributed by atoms with van der Waals surface area (Å²) in [6.07, 6.45) is 6.70. The van der Waals surface area contributed by atoms with E-state index in [0.717, 1.165) is 53.9 Å². The molecular formula is C28H22Cl2N4O3. The van der Waals surface area contributed by atoms with Crippen LogP contribution in [0.15, 0.2) is 53.1 Å². The molecule has 1 saturated heterocycles. The van der Waals surface area contributed by atoms with E-state index in [1.165, 1.54) is 0 Å². The summed E-state index contributed by atoms with van der Waals surface area (Å²) < 4.78 is 5.79. The van der Waals surface area contributed by atoms with Crippen LogP contribution < -0.4 is 4.90 Å². The minimum atomic E-state index is -1.07. The standard InChI is InChI=1S/C28H22Cl2N4O3/c29-21-2-1-3-22(30)25(21)26-18(27(37-33-26)14-4-5-14)9-8-17-19-12-34(13-20(17)19)16-7-6-15-10-24(28(35)36)32-31-23(15)11-16/h1-3,6-11,14,17,19-20H,4-5,12-13H2,(H,35,36)/b9-8+. The van der Waals surface area contributed by atoms with Crippen molar-refractivity contribution in [3.8, 4) is 11.3 Å². The molecule has 2 aromatic carbocycles. The molecule has 186 valence electrons. The summed E-state index contributed by atoms with van der Waals surface area (Å²) in [5.41, 5.74) is 4.17. The van der Waals surface area contributed by atoms with Crippen molar-refractivity contribution in [2.75, 3.05) is 18.0 Å². The molecule has 2 saturated carbocycles. The molecule has 1 N–H and O–H groups in total. The highest BCUT2D eigenvalue weighted by Gasteiger charge is 2.54. The molecule has 1 aliphatic heterocycles. The van der Waals surface area contributed by atoms with Gasteiger partial charge in [0.05, 0.1) is 15.6 Å². The average Bonchev–Trinajstić information content (AvgIpc) is 3.75. The highest BCUT2D eigenvalue weighted by atomic mass is 35.5. The highest BCUT2D eigenvalue weighted by molar-refractivity contribution is 6.39. The Kier molecular flexibility index (Phi) is 5.27. The molecule has 2 unspecified atom stereocenters. The summed E-state index contributed by atoms with van der Waals surface area (Å²) in [7, 11) is 0. The molecule has 0 amide bonds. The van der Waals surface area contributed by atoms with Gasteiger partial charge in [-0.25, -0.2) is 4.79 Å². The summed E-state index contributed by atoms with van der Waals surface area (Å²) in [5, 5.41) is 23.4. The Morgan fingerprint density at radius 3 is 2.51 bits per heavy atom. The molecule has 7 nitrogen and oxygen atoms in total. The van der Waals surface area contributed by atoms with Crippen LogP contribution in [0.25, 0.3) is 28.2 Å². The van der Waals surface area contributed by atoms with Crippen LogP contribution in [0, 0.1) is 17.8 Å². The SMILES string of the molecule is O=C(O)c1cc2ccc(N3CC4C(/C=C/c5c(-c6c(Cl)cccc6Cl)noc5C5CC5)C4C3)cc2nn1. The molecular weight excluding hydrogens is 511 g/mol. The van der Waals surface area contributed by atoms with Crippen LogP contribution in [0.5, 0.6) is 0 Å². The molecule has 37 heavy (non-hydrogen) atoms. The van der Waals surface area contributed by atoms with Crippen LogP contribution in [-0.4, -0.2) is 39.5 Å². The monoisotopic (exact) mass is 532 g/mol. The predicted octanol–water partition coefficient (Wildman–Crippen LogP) is 6.56. The van der Waals surface area contributed by atoms with Crippen molar-refractivity contribution in [1.82, 2.24) is 15.4 Å². The van der Waals surface area contributed by atoms with Gasteiger partial charge in [-0.15, -0.1) is 10.2 Å². The van der Waals surface area contributed by atoms with Gasteiger partial charge in [0.25, 0.3) is 0 Å². The Labute approximate surface area is 222 Å². The van der Waals surface area contributed by atoms with Gasteiger partial charge in [-0.05, 0) is 60.9 Å². The lowest BCUT2D eigenvalue weighted by Gasteiger charge is -2.21. The third-order valence-electron chi connectivity index (χ3n) is 7.80. The molecule has 7 rings (SSSR count). The summed E-state index contributed by atoms with van der Waals surface area (Å²) >= 11 is 13.0. The minimum absolute atomic E-state index is 0.0464. The smallest absolute Gasteiger partial charge is 0.356 e. The molecule has 3 heterocycles. The largest absolute Gasteiger partial charge is 0.476 e. The summed E-state index contributed by atoms with van der Waals surface area (Å²) in [5.74, 6) is 1.95. The van der Waals surface area contributed by atoms with Crippen LogP contribution in [0.4, 0.5) is 5.69 Å². The fourth-order valence-electron chi connectivity index (χ4n) is 5.62. The van der Waals surface area contributed by atoms with Gasteiger partial charge in [-0.1, -0.05) is 52.6 Å². The molecule has 0 bridgehead atoms. The average molecular weight is 533 g/mol. The van der Waals surface area contributed by atoms with Crippen molar-refractivity contribution < 1.29 is 14.4 Å². The number of allylic oxidation sites excluding steroid dienone is 1. The second kappa shape index (κ2) is 8.57. The Morgan fingerprint density at radius 1 is 1.05 bits per heavy atom. The number of anilines is 1. The maximum Gasteiger partial charge on any atom is 0.356 e. The molecule has 2 aromatic heterocycles. The van der Waals surface area contributed by atoms with Gasteiger partial charge in [0.2, 0.25) is 0 Å². The fourth-order valence-corrected chi connectivity index (χ4v) is 6.19. The Balaban J connectivity index is 1.09. The molecule has 2 aliphatic carbocycles. The van der Waals surface area contributed by atoms with E-state index in [4.69, 9.17) is 32.8 Å². The first-order valence-corrected chi connectivity index (χ1v) is 13.1. The lowest BCUT2D eigenvalue weighted by Crippen LogP contribution is -2.23. The fraction of sp³-hybridized carbons (Fsp3) is 0.286. The summed E-state index contributed by atoms with van der Waals surface area (Å²) in [6.45, 7) is 1.93. The summed E-state index contributed by atoms with van der Waals surface area (Å²) in [4.78, 5) is 13.5. The van der Waals surface area contributed by atoms with E-state index in [1.54, 1.807) is 6.07 Å². The Morgan fingerprint density at radius 2 is 1.81 bits per heavy atom. The van der Waals surface area contributed by atoms with Gasteiger partial charge < -0.3 is 14.5 Å². The molecule has 0 radical (unpaired) electrons. The van der Waals surface area contributed by atoms with E-state index in [-0.39, 0.29) is 5.69 Å². The van der Waals surface area contributed by atoms with Gasteiger partial charge in [0.15, 0.2) is 5.69 Å². The van der Waals surface area contributed by atoms with Crippen molar-refractivity contribution in [2.45, 2.75) is 18.8 Å². The molecule has 4 aromatic rings. The Hall–Kier alpha value is -3.42. The van der Waals surface area contributed by atoms with Gasteiger partial charge in [-0.3, -0.25) is 0 Å². The second-order valence-electron chi connectivity index (χ2n) is 10.1. The Bertz CT molecular complexity index is 1560. The van der Waals surface area contributed by atoms with Crippen LogP contribution in [0.2, 0.25) is 10.0 Å². The number of nitrogens with zero attached hydrogens (tertiary/aromatic N) is 4. The van der Waals surface area contributed by atoms with E-state index in [2.05, 4.69) is 32.4 Å². The quantitative estimate of drug-likeness (QED) is 0.300. The van der Waals surface area contributed by atoms with Gasteiger partial charge in [-0.2, -0.15) is 0 Å². The number of carboxylic acids is 1. The maximum absolute atomic E-state index is 11.2. The van der Waals surface area contributed by atoms with E-state index in [9.17, 15) is 4.79 Å². The lowest BCUT2D eigenvalue weighted by atomic mass is 10.0. The first-order chi connectivity index (χ1) is 18.0. The first kappa shape index (κ1) is 22.8. The van der Waals surface area contributed by atoms with E-state index < -0.39 is 5.97 Å². The number of hydrogen-bond acceptors (Lipinski definition) is 6. The number of hydrogen-bond donors (Lipinski definition) is 1. The van der Waals surface area contributed by atoms with Crippen molar-refractivity contribution >= 4 is 51.8 Å². The number of aromatic carboxylic acids is 1. The van der Waals surface area contributed by atoms with Crippen molar-refractivity contribution in [3.63, 3.8) is 0 Å². The van der Waals surface area contributed by atoms with Crippen LogP contribution in [0.1, 0.15) is 40.6 Å². The minimum Gasteiger partial charge on any atom is -0.476 e. The summed E-state index contributed by atoms with van der Waals surface area (Å²) in [6, 6.07) is 13.0. The molecule has 3 aliphatic rings. The predicted molar refractivity (Wildman–Crippen MR) is 142 cm³/mol. The third kappa shape index (κ3) is 3.97. The van der Waals surface area contributed by atoms with Crippen LogP contribution in [-0.2, 0) is 0 Å². The lowest BCUT2D eigenvalue weighted by molar-refractivity contribution is 0.0689. The van der Waals surface area contributed by atoms with Crippen LogP contribution in [0.3, 0.4) is 0 Å². The van der Waals surface area contributed by atoms with E-state index >= 15 is 0 Å². The van der Waals surface area contributed by atoms with Crippen molar-refractivity contribution in [3.05, 3.63) is 75.6 Å². The molecule has 3 fully saturated rings. The number of piperidine rings is 1. The number of carboxylic acid groups (broad SMARTS) is 1. The molecule has 9 heteroatoms. The third-order valence-corrected chi connectivity index (χ3v) is 8.43. The number of rotatable bonds is 6. The number of fused-ring (bicyclic) bond motifs is 2. The zero-order chi connectivity index (χ0) is 25.3. The normalized spacial score (nSPS) is 22.6. The van der Waals surface area contributed by atoms with Crippen molar-refractivity contribution in [2.24, 2.45) is 17.8 Å². The number of aromatic nitrogens is 3. The van der Waals surface area contributed by atoms with Gasteiger partial charge in [0.1, 0.15) is 11.5 Å². The van der Waals surface area contributed by atoms with Crippen molar-refractivity contribution in [1.29, 1.82) is 0 Å². The van der Waals surface area contributed by atoms with Gasteiger partial charge in [0, 0.05) is 41.2 Å². The zero-order valence-electron chi connectivity index (χ0n) is 19.6. The topological polar surface area (TPSA) is 92.3 Å². The zero-order valence-corrected chi connectivity index (χ0v) is 21.2. The highest BCUT2D eigenvalue weighted by Crippen LogP contribution is 2.54. The molecule has 2 atom stereocenters. The van der Waals surface area contributed by atoms with E-state index in [1.807, 2.05) is 36.4 Å². The van der Waals surface area contributed by atoms with E-state index in [0.29, 0.717) is 44.9 Å². The number of benzene rings is 2. The molecule has 0 spiro atoms. The second-order valence-corrected chi connectivity index (χ2v) is 10.9. The number of carbonyl (C=O) groups is 1. The first-order valence-electron chi connectivity index (χ1n) is 12.4. The van der Waals surface area contributed by atoms with Crippen LogP contribution >= 0.6 is 23.2 Å². The van der Waals surface area contributed by atoms with Gasteiger partial charge >= 0.3 is 5.97 Å². The maximum atomic E-state index is 11.2. The number of halogens is 2.